The summed E-state index contributed by atoms with van der Waals surface area (Å²) >= 11 is 0. The summed E-state index contributed by atoms with van der Waals surface area (Å²) in [5, 5.41) is 1.54. The predicted molar refractivity (Wildman–Crippen MR) is 79.8 cm³/mol. The third-order valence-electron chi connectivity index (χ3n) is 2.68. The minimum atomic E-state index is -4.62. The zero-order valence-corrected chi connectivity index (χ0v) is 11.2. The summed E-state index contributed by atoms with van der Waals surface area (Å²) in [5.41, 5.74) is -1.17. The Kier molecular flexibility index (Phi) is 2.85. The molecule has 1 unspecified atom stereocenters. The van der Waals surface area contributed by atoms with Crippen LogP contribution in [0.5, 0.6) is 5.75 Å². The molecule has 0 bridgehead atoms. The molecule has 0 heterocycles. The molecule has 0 saturated carbocycles. The predicted octanol–water partition coefficient (Wildman–Crippen LogP) is 4.44. The largest absolute Gasteiger partial charge is 0.486 e. The number of benzene rings is 2. The molecule has 0 aliphatic carbocycles. The van der Waals surface area contributed by atoms with Gasteiger partial charge >= 0.3 is 6.18 Å². The summed E-state index contributed by atoms with van der Waals surface area (Å²) in [7, 11) is 0. The van der Waals surface area contributed by atoms with Gasteiger partial charge in [-0.05, 0) is 43.3 Å². The maximum Gasteiger partial charge on any atom is 0.416 e. The Bertz CT molecular complexity index is 856. The fraction of sp³-hybridized carbons (Fsp3) is 0.294. The van der Waals surface area contributed by atoms with Crippen LogP contribution in [0.3, 0.4) is 0 Å². The van der Waals surface area contributed by atoms with Crippen molar-refractivity contribution in [3.05, 3.63) is 65.7 Å². The lowest BCUT2D eigenvalue weighted by Gasteiger charge is -2.20. The highest BCUT2D eigenvalue weighted by Crippen LogP contribution is 2.31. The molecular weight excluding hydrogens is 291 g/mol. The Balaban J connectivity index is 2.54. The molecule has 0 radical (unpaired) electrons. The molecule has 0 amide bonds. The molecular formula is C17H18F3NO. The number of hydrogen-bond donors (Lipinski definition) is 1. The Labute approximate surface area is 139 Å². The minimum Gasteiger partial charge on any atom is -0.486 e. The number of alkyl halides is 3. The summed E-state index contributed by atoms with van der Waals surface area (Å²) in [5.74, 6) is -0.338. The molecule has 2 rings (SSSR count). The molecule has 0 aliphatic heterocycles. The van der Waals surface area contributed by atoms with Gasteiger partial charge in [0, 0.05) is 16.0 Å². The van der Waals surface area contributed by atoms with Crippen molar-refractivity contribution in [1.82, 2.24) is 5.32 Å². The number of nitrogens with one attached hydrogen (secondary N) is 1. The molecule has 1 atom stereocenters. The van der Waals surface area contributed by atoms with Crippen LogP contribution in [-0.4, -0.2) is 13.5 Å². The quantitative estimate of drug-likeness (QED) is 0.851. The zero-order valence-electron chi connectivity index (χ0n) is 19.2. The summed E-state index contributed by atoms with van der Waals surface area (Å²) in [6.07, 6.45) is -10.8. The van der Waals surface area contributed by atoms with Crippen LogP contribution in [0.15, 0.2) is 54.6 Å². The minimum absolute atomic E-state index is 0.175. The molecule has 22 heavy (non-hydrogen) atoms. The van der Waals surface area contributed by atoms with E-state index in [0.717, 1.165) is 12.1 Å². The van der Waals surface area contributed by atoms with Gasteiger partial charge < -0.3 is 10.1 Å². The van der Waals surface area contributed by atoms with E-state index >= 15 is 0 Å². The smallest absolute Gasteiger partial charge is 0.416 e. The lowest BCUT2D eigenvalue weighted by Crippen LogP contribution is -2.16. The normalized spacial score (nSPS) is 21.6. The van der Waals surface area contributed by atoms with Gasteiger partial charge in [-0.2, -0.15) is 13.2 Å². The van der Waals surface area contributed by atoms with Crippen LogP contribution >= 0.6 is 0 Å². The van der Waals surface area contributed by atoms with E-state index in [1.165, 1.54) is 29.6 Å². The van der Waals surface area contributed by atoms with Gasteiger partial charge in [-0.15, -0.1) is 0 Å². The van der Waals surface area contributed by atoms with E-state index in [0.29, 0.717) is 12.1 Å². The average Bonchev–Trinajstić information content (AvgIpc) is 2.59. The van der Waals surface area contributed by atoms with Crippen molar-refractivity contribution in [3.8, 4) is 5.75 Å². The molecule has 0 aromatic heterocycles. The second-order valence-electron chi connectivity index (χ2n) is 4.19. The van der Waals surface area contributed by atoms with Crippen molar-refractivity contribution in [3.63, 3.8) is 0 Å². The van der Waals surface area contributed by atoms with Crippen LogP contribution < -0.4 is 10.1 Å². The molecule has 5 heteroatoms. The van der Waals surface area contributed by atoms with Gasteiger partial charge in [-0.25, -0.2) is 0 Å². The highest BCUT2D eigenvalue weighted by Gasteiger charge is 2.30. The molecule has 2 aromatic rings. The first kappa shape index (κ1) is 8.58. The van der Waals surface area contributed by atoms with Crippen LogP contribution in [0.25, 0.3) is 0 Å². The number of halogens is 3. The average molecular weight is 317 g/mol. The van der Waals surface area contributed by atoms with Crippen LogP contribution in [0.4, 0.5) is 13.2 Å². The number of hydrogen-bond acceptors (Lipinski definition) is 2. The highest BCUT2D eigenvalue weighted by molar-refractivity contribution is 5.30. The van der Waals surface area contributed by atoms with Crippen molar-refractivity contribution >= 4 is 0 Å². The second kappa shape index (κ2) is 7.31. The first-order valence-electron chi connectivity index (χ1n) is 10.2. The Morgan fingerprint density at radius 1 is 1.18 bits per heavy atom. The molecule has 0 fully saturated rings. The van der Waals surface area contributed by atoms with Gasteiger partial charge in [-0.3, -0.25) is 0 Å². The van der Waals surface area contributed by atoms with E-state index < -0.39 is 37.7 Å². The monoisotopic (exact) mass is 317 g/mol. The number of ether oxygens (including phenoxy) is 1. The van der Waals surface area contributed by atoms with E-state index in [1.54, 1.807) is 6.07 Å². The fourth-order valence-electron chi connectivity index (χ4n) is 1.66. The first-order valence-corrected chi connectivity index (χ1v) is 6.21. The topological polar surface area (TPSA) is 21.3 Å². The maximum atomic E-state index is 12.8. The van der Waals surface area contributed by atoms with Gasteiger partial charge in [0.2, 0.25) is 0 Å². The molecule has 1 N–H and O–H groups in total. The van der Waals surface area contributed by atoms with Crippen LogP contribution in [0, 0.1) is 0 Å². The lowest BCUT2D eigenvalue weighted by molar-refractivity contribution is -0.137. The Morgan fingerprint density at radius 2 is 1.86 bits per heavy atom. The van der Waals surface area contributed by atoms with E-state index in [4.69, 9.17) is 15.7 Å². The second-order valence-corrected chi connectivity index (χ2v) is 4.19. The molecule has 2 aromatic carbocycles. The highest BCUT2D eigenvalue weighted by atomic mass is 19.4. The standard InChI is InChI=1S/C17H18F3NO/c1-21-12-11-16(13-5-3-2-4-6-13)22-15-9-7-14(8-10-15)17(18,19)20/h2-10,16,21H,11-12H2,1H3/i1D3,11D2,12D2,16D. The third kappa shape index (κ3) is 4.49. The maximum absolute atomic E-state index is 12.8. The van der Waals surface area contributed by atoms with Gasteiger partial charge in [-0.1, -0.05) is 30.3 Å². The van der Waals surface area contributed by atoms with Crippen LogP contribution in [-0.2, 0) is 6.18 Å². The first-order chi connectivity index (χ1) is 13.5. The van der Waals surface area contributed by atoms with Crippen LogP contribution in [0.2, 0.25) is 0 Å². The summed E-state index contributed by atoms with van der Waals surface area (Å²) in [6.45, 7) is -6.37. The Morgan fingerprint density at radius 3 is 2.45 bits per heavy atom. The lowest BCUT2D eigenvalue weighted by atomic mass is 10.1. The molecule has 118 valence electrons. The van der Waals surface area contributed by atoms with Gasteiger partial charge in [0.15, 0.2) is 0 Å². The van der Waals surface area contributed by atoms with E-state index in [-0.39, 0.29) is 11.3 Å². The van der Waals surface area contributed by atoms with Gasteiger partial charge in [0.25, 0.3) is 0 Å². The van der Waals surface area contributed by atoms with E-state index in [2.05, 4.69) is 0 Å². The van der Waals surface area contributed by atoms with Gasteiger partial charge in [0.1, 0.15) is 11.8 Å². The van der Waals surface area contributed by atoms with Crippen molar-refractivity contribution in [2.75, 3.05) is 13.5 Å². The molecule has 2 nitrogen and oxygen atoms in total. The molecule has 0 spiro atoms. The zero-order chi connectivity index (χ0) is 23.0. The van der Waals surface area contributed by atoms with Crippen molar-refractivity contribution in [1.29, 1.82) is 0 Å². The fourth-order valence-corrected chi connectivity index (χ4v) is 1.66. The summed E-state index contributed by atoms with van der Waals surface area (Å²) in [4.78, 5) is 0. The molecule has 0 saturated heterocycles. The van der Waals surface area contributed by atoms with Crippen molar-refractivity contribution in [2.24, 2.45) is 0 Å². The van der Waals surface area contributed by atoms with Gasteiger partial charge in [0.05, 0.1) is 6.93 Å². The van der Waals surface area contributed by atoms with E-state index in [1.807, 2.05) is 0 Å². The van der Waals surface area contributed by atoms with Crippen molar-refractivity contribution < 1.29 is 28.9 Å². The third-order valence-corrected chi connectivity index (χ3v) is 2.68. The molecule has 0 aliphatic rings. The Hall–Kier alpha value is -2.01. The van der Waals surface area contributed by atoms with E-state index in [9.17, 15) is 13.2 Å². The van der Waals surface area contributed by atoms with Crippen LogP contribution in [0.1, 0.15) is 34.5 Å². The summed E-state index contributed by atoms with van der Waals surface area (Å²) in [6, 6.07) is 10.0. The van der Waals surface area contributed by atoms with Crippen molar-refractivity contribution in [2.45, 2.75) is 18.6 Å². The SMILES string of the molecule is [2H]C([2H])([2H])NC([2H])([2H])C([2H])([2H])C([2H])(Oc1ccc(C(F)(F)F)cc1)c1ccccc1. The number of rotatable bonds is 6. The summed E-state index contributed by atoms with van der Waals surface area (Å²) < 4.78 is 106.